The molecule has 1 rings (SSSR count). The molecule has 4 nitrogen and oxygen atoms in total. The lowest BCUT2D eigenvalue weighted by Gasteiger charge is -2.38. The predicted octanol–water partition coefficient (Wildman–Crippen LogP) is 5.55. The van der Waals surface area contributed by atoms with E-state index in [1.807, 2.05) is 13.8 Å². The highest BCUT2D eigenvalue weighted by molar-refractivity contribution is 6.74. The van der Waals surface area contributed by atoms with Gasteiger partial charge in [-0.3, -0.25) is 0 Å². The Morgan fingerprint density at radius 2 is 1.00 bits per heavy atom. The second-order valence-corrected chi connectivity index (χ2v) is 20.5. The summed E-state index contributed by atoms with van der Waals surface area (Å²) in [5.74, 6) is -0.580. The second-order valence-electron chi connectivity index (χ2n) is 10.9. The van der Waals surface area contributed by atoms with E-state index in [4.69, 9.17) is 18.3 Å². The fraction of sp³-hybridized carbons (Fsp3) is 1.00. The van der Waals surface area contributed by atoms with Crippen molar-refractivity contribution in [1.82, 2.24) is 0 Å². The van der Waals surface area contributed by atoms with Gasteiger partial charge in [-0.05, 0) is 50.1 Å². The third-order valence-corrected chi connectivity index (χ3v) is 15.1. The maximum absolute atomic E-state index is 6.39. The molecule has 0 aromatic rings. The third kappa shape index (κ3) is 6.14. The highest BCUT2D eigenvalue weighted by Gasteiger charge is 2.46. The molecule has 1 heterocycles. The molecule has 150 valence electrons. The van der Waals surface area contributed by atoms with Crippen molar-refractivity contribution in [3.8, 4) is 0 Å². The van der Waals surface area contributed by atoms with E-state index in [1.165, 1.54) is 0 Å². The first-order valence-electron chi connectivity index (χ1n) is 9.52. The average molecular weight is 391 g/mol. The molecule has 0 bridgehead atoms. The van der Waals surface area contributed by atoms with Crippen LogP contribution in [-0.2, 0) is 18.3 Å². The highest BCUT2D eigenvalue weighted by Crippen LogP contribution is 2.39. The zero-order valence-corrected chi connectivity index (χ0v) is 20.7. The van der Waals surface area contributed by atoms with Gasteiger partial charge in [0.2, 0.25) is 0 Å². The Balaban J connectivity index is 2.74. The Bertz CT molecular complexity index is 407. The van der Waals surface area contributed by atoms with Gasteiger partial charge in [-0.2, -0.15) is 0 Å². The van der Waals surface area contributed by atoms with Gasteiger partial charge in [0.15, 0.2) is 22.4 Å². The predicted molar refractivity (Wildman–Crippen MR) is 110 cm³/mol. The quantitative estimate of drug-likeness (QED) is 0.557. The minimum Gasteiger partial charge on any atom is -0.414 e. The van der Waals surface area contributed by atoms with Gasteiger partial charge in [0.1, 0.15) is 12.2 Å². The van der Waals surface area contributed by atoms with E-state index in [2.05, 4.69) is 67.7 Å². The molecule has 0 aromatic heterocycles. The van der Waals surface area contributed by atoms with Crippen LogP contribution in [0.4, 0.5) is 0 Å². The maximum atomic E-state index is 6.39. The molecule has 1 aliphatic heterocycles. The summed E-state index contributed by atoms with van der Waals surface area (Å²) >= 11 is 0. The van der Waals surface area contributed by atoms with Crippen LogP contribution in [0.25, 0.3) is 0 Å². The summed E-state index contributed by atoms with van der Waals surface area (Å²) in [7, 11) is -3.61. The normalized spacial score (nSPS) is 25.4. The Morgan fingerprint density at radius 1 is 0.720 bits per heavy atom. The third-order valence-electron chi connectivity index (χ3n) is 6.11. The summed E-state index contributed by atoms with van der Waals surface area (Å²) in [6, 6.07) is 0. The van der Waals surface area contributed by atoms with E-state index in [0.717, 1.165) is 0 Å². The van der Waals surface area contributed by atoms with E-state index in [9.17, 15) is 0 Å². The number of hydrogen-bond donors (Lipinski definition) is 0. The monoisotopic (exact) mass is 390 g/mol. The van der Waals surface area contributed by atoms with Gasteiger partial charge in [-0.25, -0.2) is 0 Å². The van der Waals surface area contributed by atoms with E-state index in [-0.39, 0.29) is 22.3 Å². The van der Waals surface area contributed by atoms with Gasteiger partial charge in [-0.15, -0.1) is 0 Å². The Kier molecular flexibility index (Phi) is 6.86. The van der Waals surface area contributed by atoms with Crippen molar-refractivity contribution in [3.63, 3.8) is 0 Å². The van der Waals surface area contributed by atoms with E-state index < -0.39 is 22.4 Å². The summed E-state index contributed by atoms with van der Waals surface area (Å²) in [6.45, 7) is 27.7. The lowest BCUT2D eigenvalue weighted by atomic mass is 10.2. The van der Waals surface area contributed by atoms with E-state index >= 15 is 0 Å². The molecule has 1 aliphatic rings. The van der Waals surface area contributed by atoms with Gasteiger partial charge in [0.25, 0.3) is 0 Å². The molecule has 0 amide bonds. The molecule has 6 heteroatoms. The molecule has 0 N–H and O–H groups in total. The molecule has 0 radical (unpaired) electrons. The lowest BCUT2D eigenvalue weighted by molar-refractivity contribution is -0.150. The van der Waals surface area contributed by atoms with Crippen LogP contribution in [0.3, 0.4) is 0 Å². The summed E-state index contributed by atoms with van der Waals surface area (Å²) in [6.07, 6.45) is -0.150. The Hall–Kier alpha value is 0.274. The van der Waals surface area contributed by atoms with Crippen molar-refractivity contribution < 1.29 is 18.3 Å². The van der Waals surface area contributed by atoms with Crippen molar-refractivity contribution in [3.05, 3.63) is 0 Å². The highest BCUT2D eigenvalue weighted by atomic mass is 28.4. The van der Waals surface area contributed by atoms with E-state index in [1.54, 1.807) is 0 Å². The molecule has 0 aliphatic carbocycles. The Morgan fingerprint density at radius 3 is 1.24 bits per heavy atom. The summed E-state index contributed by atoms with van der Waals surface area (Å²) in [4.78, 5) is 0. The first-order chi connectivity index (χ1) is 10.9. The van der Waals surface area contributed by atoms with Crippen LogP contribution in [0.15, 0.2) is 0 Å². The first-order valence-corrected chi connectivity index (χ1v) is 15.3. The molecule has 1 fully saturated rings. The largest absolute Gasteiger partial charge is 0.414 e. The molecule has 0 saturated carbocycles. The molecule has 0 spiro atoms. The fourth-order valence-electron chi connectivity index (χ4n) is 2.21. The number of ether oxygens (including phenoxy) is 2. The zero-order chi connectivity index (χ0) is 19.9. The van der Waals surface area contributed by atoms with Gasteiger partial charge >= 0.3 is 0 Å². The molecular formula is C19H42O4Si2. The van der Waals surface area contributed by atoms with Crippen LogP contribution in [0.2, 0.25) is 36.3 Å². The molecule has 25 heavy (non-hydrogen) atoms. The van der Waals surface area contributed by atoms with Crippen LogP contribution in [-0.4, -0.2) is 47.8 Å². The molecule has 0 unspecified atom stereocenters. The van der Waals surface area contributed by atoms with Gasteiger partial charge in [-0.1, -0.05) is 41.5 Å². The van der Waals surface area contributed by atoms with Crippen LogP contribution in [0.5, 0.6) is 0 Å². The van der Waals surface area contributed by atoms with Gasteiger partial charge in [0, 0.05) is 0 Å². The van der Waals surface area contributed by atoms with Crippen LogP contribution < -0.4 is 0 Å². The SMILES string of the molecule is CC1(C)O[C@@H](CO[Si](C)(C)C(C)(C)C)[C@H](CO[Si](C)(C)C(C)(C)C)O1. The smallest absolute Gasteiger partial charge is 0.192 e. The first kappa shape index (κ1) is 23.3. The molecule has 2 atom stereocenters. The topological polar surface area (TPSA) is 36.9 Å². The van der Waals surface area contributed by atoms with Crippen molar-refractivity contribution in [2.75, 3.05) is 13.2 Å². The van der Waals surface area contributed by atoms with Crippen LogP contribution in [0.1, 0.15) is 55.4 Å². The van der Waals surface area contributed by atoms with Crippen LogP contribution >= 0.6 is 0 Å². The van der Waals surface area contributed by atoms with E-state index in [0.29, 0.717) is 13.2 Å². The summed E-state index contributed by atoms with van der Waals surface area (Å²) < 4.78 is 25.0. The minimum absolute atomic E-state index is 0.0751. The number of hydrogen-bond acceptors (Lipinski definition) is 4. The zero-order valence-electron chi connectivity index (χ0n) is 18.7. The summed E-state index contributed by atoms with van der Waals surface area (Å²) in [5.41, 5.74) is 0. The fourth-order valence-corrected chi connectivity index (χ4v) is 4.23. The van der Waals surface area contributed by atoms with Crippen molar-refractivity contribution in [2.45, 2.75) is 110 Å². The van der Waals surface area contributed by atoms with Crippen LogP contribution in [0, 0.1) is 0 Å². The average Bonchev–Trinajstić information content (AvgIpc) is 2.66. The number of rotatable bonds is 6. The van der Waals surface area contributed by atoms with Gasteiger partial charge < -0.3 is 18.3 Å². The Labute approximate surface area is 158 Å². The van der Waals surface area contributed by atoms with Crippen molar-refractivity contribution in [1.29, 1.82) is 0 Å². The lowest BCUT2D eigenvalue weighted by Crippen LogP contribution is -2.46. The standard InChI is InChI=1S/C19H42O4Si2/c1-17(2,3)24(9,10)20-13-15-16(23-19(7,8)22-15)14-21-25(11,12)18(4,5)6/h15-16H,13-14H2,1-12H3/t15-,16-/m0/s1. The molecule has 1 saturated heterocycles. The van der Waals surface area contributed by atoms with Crippen molar-refractivity contribution in [2.24, 2.45) is 0 Å². The van der Waals surface area contributed by atoms with Crippen molar-refractivity contribution >= 4 is 16.6 Å². The maximum Gasteiger partial charge on any atom is 0.192 e. The second kappa shape index (κ2) is 7.36. The summed E-state index contributed by atoms with van der Waals surface area (Å²) in [5, 5.41) is 0.379. The minimum atomic E-state index is -1.81. The molecular weight excluding hydrogens is 348 g/mol. The van der Waals surface area contributed by atoms with Gasteiger partial charge in [0.05, 0.1) is 13.2 Å². The molecule has 0 aromatic carbocycles.